The molecule has 1 aliphatic rings. The number of likely N-dealkylation sites (N-methyl/N-ethyl adjacent to an activating group) is 1. The Morgan fingerprint density at radius 3 is 2.79 bits per heavy atom. The number of rotatable bonds is 3. The number of aliphatic hydroxyl groups is 1. The van der Waals surface area contributed by atoms with Crippen molar-refractivity contribution >= 4 is 23.3 Å². The lowest BCUT2D eigenvalue weighted by atomic mass is 10.0. The molecule has 0 spiro atoms. The largest absolute Gasteiger partial charge is 0.388 e. The molecule has 1 amide bonds. The lowest BCUT2D eigenvalue weighted by molar-refractivity contribution is 0.0156. The van der Waals surface area contributed by atoms with Crippen LogP contribution < -0.4 is 5.73 Å². The zero-order valence-electron chi connectivity index (χ0n) is 10.9. The first-order valence-electron chi connectivity index (χ1n) is 6.30. The van der Waals surface area contributed by atoms with Gasteiger partial charge in [0.1, 0.15) is 5.82 Å². The third kappa shape index (κ3) is 3.16. The molecule has 0 radical (unpaired) electrons. The maximum atomic E-state index is 12.2. The Balaban J connectivity index is 2.08. The normalized spacial score (nSPS) is 17.4. The second kappa shape index (κ2) is 5.35. The number of carbonyl (C=O) groups excluding carboxylic acids is 1. The molecule has 2 rings (SSSR count). The SMILES string of the molecule is CN(CC1(O)CCCC1)C(=O)c1cnc(N)c(Cl)c1. The summed E-state index contributed by atoms with van der Waals surface area (Å²) in [5, 5.41) is 10.6. The maximum Gasteiger partial charge on any atom is 0.255 e. The van der Waals surface area contributed by atoms with E-state index in [4.69, 9.17) is 17.3 Å². The fourth-order valence-electron chi connectivity index (χ4n) is 2.49. The van der Waals surface area contributed by atoms with Crippen LogP contribution in [0.1, 0.15) is 36.0 Å². The summed E-state index contributed by atoms with van der Waals surface area (Å²) in [5.74, 6) is -0.00924. The predicted octanol–water partition coefficient (Wildman–Crippen LogP) is 1.69. The van der Waals surface area contributed by atoms with Gasteiger partial charge in [-0.1, -0.05) is 24.4 Å². The highest BCUT2D eigenvalue weighted by Crippen LogP contribution is 2.30. The number of nitrogens with zero attached hydrogens (tertiary/aromatic N) is 2. The second-order valence-electron chi connectivity index (χ2n) is 5.18. The Kier molecular flexibility index (Phi) is 3.96. The van der Waals surface area contributed by atoms with E-state index in [1.54, 1.807) is 7.05 Å². The van der Waals surface area contributed by atoms with Crippen molar-refractivity contribution in [3.63, 3.8) is 0 Å². The van der Waals surface area contributed by atoms with Gasteiger partial charge in [-0.15, -0.1) is 0 Å². The molecule has 19 heavy (non-hydrogen) atoms. The lowest BCUT2D eigenvalue weighted by Crippen LogP contribution is -2.42. The third-order valence-electron chi connectivity index (χ3n) is 3.53. The van der Waals surface area contributed by atoms with Crippen LogP contribution in [-0.4, -0.2) is 40.1 Å². The summed E-state index contributed by atoms with van der Waals surface area (Å²) < 4.78 is 0. The first kappa shape index (κ1) is 14.1. The van der Waals surface area contributed by atoms with Gasteiger partial charge in [-0.3, -0.25) is 4.79 Å². The van der Waals surface area contributed by atoms with Crippen molar-refractivity contribution in [1.82, 2.24) is 9.88 Å². The summed E-state index contributed by atoms with van der Waals surface area (Å²) in [6.45, 7) is 0.327. The number of carbonyl (C=O) groups is 1. The fourth-order valence-corrected chi connectivity index (χ4v) is 2.66. The third-order valence-corrected chi connectivity index (χ3v) is 3.83. The summed E-state index contributed by atoms with van der Waals surface area (Å²) in [5.41, 5.74) is 5.13. The number of pyridine rings is 1. The Hall–Kier alpha value is -1.33. The van der Waals surface area contributed by atoms with Crippen molar-refractivity contribution in [2.45, 2.75) is 31.3 Å². The van der Waals surface area contributed by atoms with Crippen LogP contribution in [0.3, 0.4) is 0 Å². The number of anilines is 1. The monoisotopic (exact) mass is 283 g/mol. The summed E-state index contributed by atoms with van der Waals surface area (Å²) in [6.07, 6.45) is 4.90. The van der Waals surface area contributed by atoms with E-state index in [1.165, 1.54) is 17.2 Å². The Morgan fingerprint density at radius 2 is 2.21 bits per heavy atom. The highest BCUT2D eigenvalue weighted by molar-refractivity contribution is 6.33. The molecule has 1 saturated carbocycles. The van der Waals surface area contributed by atoms with Crippen molar-refractivity contribution in [2.75, 3.05) is 19.3 Å². The summed E-state index contributed by atoms with van der Waals surface area (Å²) in [4.78, 5) is 17.6. The maximum absolute atomic E-state index is 12.2. The van der Waals surface area contributed by atoms with Gasteiger partial charge >= 0.3 is 0 Å². The van der Waals surface area contributed by atoms with Crippen molar-refractivity contribution in [3.8, 4) is 0 Å². The van der Waals surface area contributed by atoms with Crippen molar-refractivity contribution in [1.29, 1.82) is 0 Å². The minimum atomic E-state index is -0.755. The zero-order chi connectivity index (χ0) is 14.0. The molecule has 0 atom stereocenters. The molecule has 3 N–H and O–H groups in total. The van der Waals surface area contributed by atoms with E-state index in [9.17, 15) is 9.90 Å². The standard InChI is InChI=1S/C13H18ClN3O2/c1-17(8-13(19)4-2-3-5-13)12(18)9-6-10(14)11(15)16-7-9/h6-7,19H,2-5,8H2,1H3,(H2,15,16). The molecule has 5 nitrogen and oxygen atoms in total. The number of aromatic nitrogens is 1. The molecule has 0 bridgehead atoms. The van der Waals surface area contributed by atoms with Crippen molar-refractivity contribution < 1.29 is 9.90 Å². The molecular formula is C13H18ClN3O2. The number of hydrogen-bond acceptors (Lipinski definition) is 4. The van der Waals surface area contributed by atoms with Crippen LogP contribution in [0, 0.1) is 0 Å². The van der Waals surface area contributed by atoms with E-state index in [2.05, 4.69) is 4.98 Å². The zero-order valence-corrected chi connectivity index (χ0v) is 11.7. The second-order valence-corrected chi connectivity index (χ2v) is 5.59. The summed E-state index contributed by atoms with van der Waals surface area (Å²) in [7, 11) is 1.67. The molecule has 0 unspecified atom stereocenters. The average Bonchev–Trinajstić information content (AvgIpc) is 2.78. The minimum absolute atomic E-state index is 0.204. The van der Waals surface area contributed by atoms with Crippen LogP contribution in [0.4, 0.5) is 5.82 Å². The van der Waals surface area contributed by atoms with Gasteiger partial charge in [-0.25, -0.2) is 4.98 Å². The van der Waals surface area contributed by atoms with E-state index in [0.29, 0.717) is 12.1 Å². The molecule has 1 aromatic heterocycles. The molecule has 1 aromatic rings. The van der Waals surface area contributed by atoms with Gasteiger partial charge in [0.25, 0.3) is 5.91 Å². The van der Waals surface area contributed by atoms with Crippen LogP contribution in [0.25, 0.3) is 0 Å². The number of nitrogen functional groups attached to an aromatic ring is 1. The van der Waals surface area contributed by atoms with E-state index in [-0.39, 0.29) is 16.7 Å². The first-order valence-corrected chi connectivity index (χ1v) is 6.68. The summed E-state index contributed by atoms with van der Waals surface area (Å²) in [6, 6.07) is 1.50. The van der Waals surface area contributed by atoms with E-state index in [0.717, 1.165) is 25.7 Å². The highest BCUT2D eigenvalue weighted by atomic mass is 35.5. The molecule has 0 aromatic carbocycles. The highest BCUT2D eigenvalue weighted by Gasteiger charge is 2.33. The van der Waals surface area contributed by atoms with Gasteiger partial charge in [0.2, 0.25) is 0 Å². The molecular weight excluding hydrogens is 266 g/mol. The van der Waals surface area contributed by atoms with Crippen molar-refractivity contribution in [2.24, 2.45) is 0 Å². The topological polar surface area (TPSA) is 79.5 Å². The van der Waals surface area contributed by atoms with Crippen LogP contribution in [0.5, 0.6) is 0 Å². The molecule has 1 fully saturated rings. The minimum Gasteiger partial charge on any atom is -0.388 e. The molecule has 104 valence electrons. The number of nitrogens with two attached hydrogens (primary N) is 1. The van der Waals surface area contributed by atoms with E-state index >= 15 is 0 Å². The number of amides is 1. The van der Waals surface area contributed by atoms with Crippen LogP contribution in [-0.2, 0) is 0 Å². The van der Waals surface area contributed by atoms with Crippen LogP contribution in [0.2, 0.25) is 5.02 Å². The molecule has 1 heterocycles. The Bertz CT molecular complexity index is 487. The molecule has 6 heteroatoms. The Morgan fingerprint density at radius 1 is 1.58 bits per heavy atom. The van der Waals surface area contributed by atoms with Crippen LogP contribution in [0.15, 0.2) is 12.3 Å². The van der Waals surface area contributed by atoms with Crippen molar-refractivity contribution in [3.05, 3.63) is 22.8 Å². The Labute approximate surface area is 117 Å². The summed E-state index contributed by atoms with van der Waals surface area (Å²) >= 11 is 5.85. The molecule has 0 saturated heterocycles. The molecule has 1 aliphatic carbocycles. The van der Waals surface area contributed by atoms with Crippen LogP contribution >= 0.6 is 11.6 Å². The average molecular weight is 284 g/mol. The van der Waals surface area contributed by atoms with Gasteiger partial charge < -0.3 is 15.7 Å². The van der Waals surface area contributed by atoms with E-state index < -0.39 is 5.60 Å². The van der Waals surface area contributed by atoms with Gasteiger partial charge in [0, 0.05) is 19.8 Å². The number of hydrogen-bond donors (Lipinski definition) is 2. The first-order chi connectivity index (χ1) is 8.91. The van der Waals surface area contributed by atoms with Gasteiger partial charge in [0.15, 0.2) is 0 Å². The van der Waals surface area contributed by atoms with Gasteiger partial charge in [0.05, 0.1) is 16.2 Å². The smallest absolute Gasteiger partial charge is 0.255 e. The quantitative estimate of drug-likeness (QED) is 0.885. The number of halogens is 1. The molecule has 0 aliphatic heterocycles. The van der Waals surface area contributed by atoms with Gasteiger partial charge in [-0.05, 0) is 18.9 Å². The predicted molar refractivity (Wildman–Crippen MR) is 74.0 cm³/mol. The lowest BCUT2D eigenvalue weighted by Gasteiger charge is -2.28. The fraction of sp³-hybridized carbons (Fsp3) is 0.538. The van der Waals surface area contributed by atoms with Gasteiger partial charge in [-0.2, -0.15) is 0 Å². The van der Waals surface area contributed by atoms with E-state index in [1.807, 2.05) is 0 Å².